The predicted molar refractivity (Wildman–Crippen MR) is 84.6 cm³/mol. The molecule has 0 saturated carbocycles. The highest BCUT2D eigenvalue weighted by molar-refractivity contribution is 5.62. The van der Waals surface area contributed by atoms with Crippen LogP contribution < -0.4 is 10.2 Å². The molecule has 0 bridgehead atoms. The first kappa shape index (κ1) is 14.3. The standard InChI is InChI=1S/C16H22N4/c1-5-20(14-9-7-6-8-10-14)16-11-15(17-12(2)3)18-13(4)19-16/h6-12H,5H2,1-4H3,(H,17,18,19). The third kappa shape index (κ3) is 3.47. The minimum Gasteiger partial charge on any atom is -0.368 e. The van der Waals surface area contributed by atoms with Gasteiger partial charge in [0.1, 0.15) is 17.5 Å². The van der Waals surface area contributed by atoms with E-state index in [1.165, 1.54) is 0 Å². The van der Waals surface area contributed by atoms with Gasteiger partial charge in [-0.15, -0.1) is 0 Å². The highest BCUT2D eigenvalue weighted by Gasteiger charge is 2.11. The van der Waals surface area contributed by atoms with Gasteiger partial charge in [0, 0.05) is 24.3 Å². The smallest absolute Gasteiger partial charge is 0.138 e. The molecule has 0 atom stereocenters. The molecule has 4 nitrogen and oxygen atoms in total. The Labute approximate surface area is 120 Å². The zero-order valence-electron chi connectivity index (χ0n) is 12.6. The largest absolute Gasteiger partial charge is 0.368 e. The third-order valence-electron chi connectivity index (χ3n) is 2.92. The normalized spacial score (nSPS) is 10.7. The molecule has 20 heavy (non-hydrogen) atoms. The monoisotopic (exact) mass is 270 g/mol. The molecule has 0 unspecified atom stereocenters. The number of nitrogens with zero attached hydrogens (tertiary/aromatic N) is 3. The fourth-order valence-corrected chi connectivity index (χ4v) is 2.14. The minimum absolute atomic E-state index is 0.351. The summed E-state index contributed by atoms with van der Waals surface area (Å²) < 4.78 is 0. The summed E-state index contributed by atoms with van der Waals surface area (Å²) in [6.45, 7) is 9.12. The van der Waals surface area contributed by atoms with Crippen molar-refractivity contribution in [3.8, 4) is 0 Å². The molecule has 106 valence electrons. The molecular formula is C16H22N4. The van der Waals surface area contributed by atoms with Crippen LogP contribution in [0.15, 0.2) is 36.4 Å². The van der Waals surface area contributed by atoms with Crippen LogP contribution in [0.5, 0.6) is 0 Å². The first-order valence-corrected chi connectivity index (χ1v) is 7.05. The second-order valence-electron chi connectivity index (χ2n) is 5.04. The molecule has 0 saturated heterocycles. The Morgan fingerprint density at radius 3 is 2.45 bits per heavy atom. The molecule has 1 heterocycles. The van der Waals surface area contributed by atoms with Crippen LogP contribution in [0.4, 0.5) is 17.3 Å². The summed E-state index contributed by atoms with van der Waals surface area (Å²) in [5.41, 5.74) is 1.14. The number of aromatic nitrogens is 2. The molecule has 0 aliphatic carbocycles. The van der Waals surface area contributed by atoms with Crippen LogP contribution in [0.3, 0.4) is 0 Å². The van der Waals surface area contributed by atoms with Gasteiger partial charge in [-0.1, -0.05) is 18.2 Å². The SMILES string of the molecule is CCN(c1ccccc1)c1cc(NC(C)C)nc(C)n1. The average molecular weight is 270 g/mol. The number of para-hydroxylation sites is 1. The van der Waals surface area contributed by atoms with Crippen molar-refractivity contribution in [3.05, 3.63) is 42.2 Å². The van der Waals surface area contributed by atoms with Crippen LogP contribution in [0.2, 0.25) is 0 Å². The fraction of sp³-hybridized carbons (Fsp3) is 0.375. The lowest BCUT2D eigenvalue weighted by Gasteiger charge is -2.23. The van der Waals surface area contributed by atoms with E-state index in [0.29, 0.717) is 6.04 Å². The van der Waals surface area contributed by atoms with Gasteiger partial charge in [0.25, 0.3) is 0 Å². The predicted octanol–water partition coefficient (Wildman–Crippen LogP) is 3.76. The van der Waals surface area contributed by atoms with E-state index in [1.54, 1.807) is 0 Å². The number of anilines is 3. The topological polar surface area (TPSA) is 41.0 Å². The third-order valence-corrected chi connectivity index (χ3v) is 2.92. The summed E-state index contributed by atoms with van der Waals surface area (Å²) in [4.78, 5) is 11.2. The second-order valence-corrected chi connectivity index (χ2v) is 5.04. The number of hydrogen-bond acceptors (Lipinski definition) is 4. The van der Waals surface area contributed by atoms with Crippen LogP contribution in [0, 0.1) is 6.92 Å². The maximum Gasteiger partial charge on any atom is 0.138 e. The maximum atomic E-state index is 4.56. The Kier molecular flexibility index (Phi) is 4.56. The molecule has 2 aromatic rings. The quantitative estimate of drug-likeness (QED) is 0.898. The van der Waals surface area contributed by atoms with Gasteiger partial charge >= 0.3 is 0 Å². The lowest BCUT2D eigenvalue weighted by Crippen LogP contribution is -2.19. The Morgan fingerprint density at radius 1 is 1.15 bits per heavy atom. The molecule has 2 rings (SSSR count). The number of rotatable bonds is 5. The summed E-state index contributed by atoms with van der Waals surface area (Å²) in [5, 5.41) is 3.34. The molecule has 0 amide bonds. The van der Waals surface area contributed by atoms with Gasteiger partial charge < -0.3 is 10.2 Å². The van der Waals surface area contributed by atoms with Crippen LogP contribution >= 0.6 is 0 Å². The first-order chi connectivity index (χ1) is 9.60. The van der Waals surface area contributed by atoms with Crippen molar-refractivity contribution in [2.75, 3.05) is 16.8 Å². The number of benzene rings is 1. The van der Waals surface area contributed by atoms with Crippen LogP contribution in [0.1, 0.15) is 26.6 Å². The van der Waals surface area contributed by atoms with Crippen LogP contribution in [-0.4, -0.2) is 22.6 Å². The van der Waals surface area contributed by atoms with E-state index in [0.717, 1.165) is 29.7 Å². The van der Waals surface area contributed by atoms with E-state index in [2.05, 4.69) is 53.1 Å². The number of nitrogens with one attached hydrogen (secondary N) is 1. The molecule has 1 aromatic carbocycles. The van der Waals surface area contributed by atoms with Gasteiger partial charge in [0.2, 0.25) is 0 Å². The van der Waals surface area contributed by atoms with E-state index in [1.807, 2.05) is 31.2 Å². The van der Waals surface area contributed by atoms with Gasteiger partial charge in [-0.05, 0) is 39.8 Å². The Bertz CT molecular complexity index is 552. The molecule has 1 aromatic heterocycles. The Morgan fingerprint density at radius 2 is 1.85 bits per heavy atom. The van der Waals surface area contributed by atoms with Crippen LogP contribution in [-0.2, 0) is 0 Å². The lowest BCUT2D eigenvalue weighted by molar-refractivity contribution is 0.875. The molecule has 4 heteroatoms. The van der Waals surface area contributed by atoms with Crippen molar-refractivity contribution in [1.29, 1.82) is 0 Å². The first-order valence-electron chi connectivity index (χ1n) is 7.05. The zero-order valence-corrected chi connectivity index (χ0v) is 12.6. The Hall–Kier alpha value is -2.10. The number of hydrogen-bond donors (Lipinski definition) is 1. The minimum atomic E-state index is 0.351. The van der Waals surface area contributed by atoms with E-state index >= 15 is 0 Å². The van der Waals surface area contributed by atoms with Crippen molar-refractivity contribution < 1.29 is 0 Å². The summed E-state index contributed by atoms with van der Waals surface area (Å²) in [7, 11) is 0. The van der Waals surface area contributed by atoms with Gasteiger partial charge in [0.15, 0.2) is 0 Å². The molecular weight excluding hydrogens is 248 g/mol. The molecule has 0 fully saturated rings. The molecule has 0 aliphatic rings. The van der Waals surface area contributed by atoms with Crippen molar-refractivity contribution in [3.63, 3.8) is 0 Å². The fourth-order valence-electron chi connectivity index (χ4n) is 2.14. The highest BCUT2D eigenvalue weighted by Crippen LogP contribution is 2.24. The van der Waals surface area contributed by atoms with E-state index in [9.17, 15) is 0 Å². The average Bonchev–Trinajstić information content (AvgIpc) is 2.39. The molecule has 1 N–H and O–H groups in total. The van der Waals surface area contributed by atoms with E-state index in [-0.39, 0.29) is 0 Å². The Balaban J connectivity index is 2.37. The van der Waals surface area contributed by atoms with E-state index in [4.69, 9.17) is 0 Å². The molecule has 0 aliphatic heterocycles. The van der Waals surface area contributed by atoms with E-state index < -0.39 is 0 Å². The van der Waals surface area contributed by atoms with Crippen LogP contribution in [0.25, 0.3) is 0 Å². The van der Waals surface area contributed by atoms with Crippen molar-refractivity contribution in [1.82, 2.24) is 9.97 Å². The zero-order chi connectivity index (χ0) is 14.5. The van der Waals surface area contributed by atoms with Gasteiger partial charge in [0.05, 0.1) is 0 Å². The lowest BCUT2D eigenvalue weighted by atomic mass is 10.3. The maximum absolute atomic E-state index is 4.56. The highest BCUT2D eigenvalue weighted by atomic mass is 15.2. The van der Waals surface area contributed by atoms with Crippen molar-refractivity contribution in [2.45, 2.75) is 33.7 Å². The summed E-state index contributed by atoms with van der Waals surface area (Å²) in [5.74, 6) is 2.58. The number of aryl methyl sites for hydroxylation is 1. The second kappa shape index (κ2) is 6.37. The summed E-state index contributed by atoms with van der Waals surface area (Å²) in [6.07, 6.45) is 0. The van der Waals surface area contributed by atoms with Crippen molar-refractivity contribution in [2.24, 2.45) is 0 Å². The summed E-state index contributed by atoms with van der Waals surface area (Å²) in [6, 6.07) is 12.6. The molecule has 0 spiro atoms. The van der Waals surface area contributed by atoms with Gasteiger partial charge in [-0.2, -0.15) is 0 Å². The van der Waals surface area contributed by atoms with Crippen molar-refractivity contribution >= 4 is 17.3 Å². The molecule has 0 radical (unpaired) electrons. The summed E-state index contributed by atoms with van der Waals surface area (Å²) >= 11 is 0. The van der Waals surface area contributed by atoms with Gasteiger partial charge in [-0.3, -0.25) is 0 Å². The van der Waals surface area contributed by atoms with Gasteiger partial charge in [-0.25, -0.2) is 9.97 Å².